The van der Waals surface area contributed by atoms with Gasteiger partial charge in [0, 0.05) is 17.5 Å². The summed E-state index contributed by atoms with van der Waals surface area (Å²) in [4.78, 5) is 9.15. The fourth-order valence-electron chi connectivity index (χ4n) is 1.78. The van der Waals surface area contributed by atoms with Crippen LogP contribution in [-0.2, 0) is 5.41 Å². The third kappa shape index (κ3) is 4.52. The van der Waals surface area contributed by atoms with Gasteiger partial charge in [-0.25, -0.2) is 15.8 Å². The van der Waals surface area contributed by atoms with E-state index in [2.05, 4.69) is 54.7 Å². The van der Waals surface area contributed by atoms with Crippen molar-refractivity contribution in [2.75, 3.05) is 29.3 Å². The van der Waals surface area contributed by atoms with Gasteiger partial charge in [-0.1, -0.05) is 27.7 Å². The van der Waals surface area contributed by atoms with Gasteiger partial charge in [0.05, 0.1) is 0 Å². The molecule has 0 saturated carbocycles. The fraction of sp³-hybridized carbons (Fsp3) is 0.714. The molecule has 6 heteroatoms. The Bertz CT molecular complexity index is 442. The lowest BCUT2D eigenvalue weighted by molar-refractivity contribution is 0.545. The molecule has 0 amide bonds. The Labute approximate surface area is 126 Å². The Hall–Kier alpha value is -1.01. The molecule has 4 N–H and O–H groups in total. The molecule has 0 aromatic carbocycles. The van der Waals surface area contributed by atoms with E-state index in [0.29, 0.717) is 11.7 Å². The molecule has 0 aliphatic rings. The molecule has 114 valence electrons. The van der Waals surface area contributed by atoms with Crippen LogP contribution in [0.15, 0.2) is 0 Å². The maximum Gasteiger partial charge on any atom is 0.148 e. The minimum Gasteiger partial charge on any atom is -0.369 e. The summed E-state index contributed by atoms with van der Waals surface area (Å²) in [5, 5.41) is 3.42. The zero-order chi connectivity index (χ0) is 15.3. The van der Waals surface area contributed by atoms with Crippen LogP contribution in [0.25, 0.3) is 0 Å². The number of nitrogens with two attached hydrogens (primary N) is 1. The van der Waals surface area contributed by atoms with E-state index in [9.17, 15) is 0 Å². The highest BCUT2D eigenvalue weighted by Gasteiger charge is 2.21. The molecule has 0 saturated heterocycles. The fourth-order valence-corrected chi connectivity index (χ4v) is 2.47. The first kappa shape index (κ1) is 17.0. The van der Waals surface area contributed by atoms with Crippen LogP contribution in [0.5, 0.6) is 0 Å². The van der Waals surface area contributed by atoms with Crippen LogP contribution >= 0.6 is 11.8 Å². The predicted octanol–water partition coefficient (Wildman–Crippen LogP) is 2.78. The van der Waals surface area contributed by atoms with Crippen LogP contribution in [0.4, 0.5) is 11.6 Å². The van der Waals surface area contributed by atoms with Gasteiger partial charge in [-0.2, -0.15) is 11.8 Å². The van der Waals surface area contributed by atoms with E-state index < -0.39 is 0 Å². The molecule has 0 fully saturated rings. The Kier molecular flexibility index (Phi) is 6.07. The van der Waals surface area contributed by atoms with E-state index in [1.807, 2.05) is 18.7 Å². The highest BCUT2D eigenvalue weighted by molar-refractivity contribution is 7.98. The molecule has 20 heavy (non-hydrogen) atoms. The molecule has 1 unspecified atom stereocenters. The molecule has 1 atom stereocenters. The second-order valence-corrected chi connectivity index (χ2v) is 7.12. The Balaban J connectivity index is 2.99. The second kappa shape index (κ2) is 7.13. The van der Waals surface area contributed by atoms with Gasteiger partial charge in [-0.3, -0.25) is 0 Å². The van der Waals surface area contributed by atoms with Crippen molar-refractivity contribution in [1.82, 2.24) is 9.97 Å². The van der Waals surface area contributed by atoms with E-state index in [-0.39, 0.29) is 5.41 Å². The molecule has 1 rings (SSSR count). The van der Waals surface area contributed by atoms with Crippen LogP contribution in [-0.4, -0.2) is 28.5 Å². The summed E-state index contributed by atoms with van der Waals surface area (Å²) >= 11 is 1.86. The zero-order valence-electron chi connectivity index (χ0n) is 13.4. The van der Waals surface area contributed by atoms with Crippen LogP contribution in [0.1, 0.15) is 39.1 Å². The first-order valence-corrected chi connectivity index (χ1v) is 8.27. The Morgan fingerprint density at radius 1 is 1.25 bits per heavy atom. The highest BCUT2D eigenvalue weighted by Crippen LogP contribution is 2.26. The summed E-state index contributed by atoms with van der Waals surface area (Å²) in [5.74, 6) is 9.62. The molecule has 5 nitrogen and oxygen atoms in total. The number of hydrogen-bond acceptors (Lipinski definition) is 6. The predicted molar refractivity (Wildman–Crippen MR) is 89.3 cm³/mol. The second-order valence-electron chi connectivity index (χ2n) is 6.21. The zero-order valence-corrected chi connectivity index (χ0v) is 14.2. The SMILES string of the molecule is CSCC(C)CNc1nc(C(C)(C)C)nc(NN)c1C. The van der Waals surface area contributed by atoms with E-state index in [1.165, 1.54) is 0 Å². The smallest absolute Gasteiger partial charge is 0.148 e. The number of hydrazine groups is 1. The molecular weight excluding hydrogens is 270 g/mol. The monoisotopic (exact) mass is 297 g/mol. The van der Waals surface area contributed by atoms with Gasteiger partial charge in [0.15, 0.2) is 0 Å². The van der Waals surface area contributed by atoms with Crippen LogP contribution in [0, 0.1) is 12.8 Å². The molecule has 1 aromatic heterocycles. The van der Waals surface area contributed by atoms with E-state index >= 15 is 0 Å². The lowest BCUT2D eigenvalue weighted by Gasteiger charge is -2.21. The molecular formula is C14H27N5S. The van der Waals surface area contributed by atoms with E-state index in [4.69, 9.17) is 5.84 Å². The maximum atomic E-state index is 5.56. The molecule has 1 aromatic rings. The molecule has 1 heterocycles. The van der Waals surface area contributed by atoms with Crippen molar-refractivity contribution >= 4 is 23.4 Å². The highest BCUT2D eigenvalue weighted by atomic mass is 32.2. The number of nitrogens with one attached hydrogen (secondary N) is 2. The summed E-state index contributed by atoms with van der Waals surface area (Å²) in [6, 6.07) is 0. The van der Waals surface area contributed by atoms with Crippen LogP contribution < -0.4 is 16.6 Å². The first-order valence-electron chi connectivity index (χ1n) is 6.88. The Morgan fingerprint density at radius 2 is 1.85 bits per heavy atom. The Morgan fingerprint density at radius 3 is 2.35 bits per heavy atom. The van der Waals surface area contributed by atoms with Gasteiger partial charge in [-0.05, 0) is 24.9 Å². The van der Waals surface area contributed by atoms with Crippen molar-refractivity contribution in [3.05, 3.63) is 11.4 Å². The molecule has 0 radical (unpaired) electrons. The van der Waals surface area contributed by atoms with Gasteiger partial charge >= 0.3 is 0 Å². The first-order chi connectivity index (χ1) is 9.29. The maximum absolute atomic E-state index is 5.56. The average molecular weight is 297 g/mol. The minimum absolute atomic E-state index is 0.110. The van der Waals surface area contributed by atoms with E-state index in [0.717, 1.165) is 29.5 Å². The molecule has 0 bridgehead atoms. The number of nitrogen functional groups attached to an aromatic ring is 1. The quantitative estimate of drug-likeness (QED) is 0.554. The van der Waals surface area contributed by atoms with Crippen molar-refractivity contribution < 1.29 is 0 Å². The van der Waals surface area contributed by atoms with Gasteiger partial charge in [0.2, 0.25) is 0 Å². The van der Waals surface area contributed by atoms with Gasteiger partial charge < -0.3 is 10.7 Å². The summed E-state index contributed by atoms with van der Waals surface area (Å²) in [7, 11) is 0. The van der Waals surface area contributed by atoms with Crippen molar-refractivity contribution in [1.29, 1.82) is 0 Å². The van der Waals surface area contributed by atoms with Gasteiger partial charge in [-0.15, -0.1) is 0 Å². The number of thioether (sulfide) groups is 1. The number of anilines is 2. The van der Waals surface area contributed by atoms with Crippen molar-refractivity contribution in [2.24, 2.45) is 11.8 Å². The lowest BCUT2D eigenvalue weighted by atomic mass is 9.95. The van der Waals surface area contributed by atoms with Crippen LogP contribution in [0.3, 0.4) is 0 Å². The number of rotatable bonds is 6. The van der Waals surface area contributed by atoms with E-state index in [1.54, 1.807) is 0 Å². The standard InChI is InChI=1S/C14H27N5S/c1-9(8-20-6)7-16-11-10(2)12(19-15)18-13(17-11)14(3,4)5/h9H,7-8,15H2,1-6H3,(H2,16,17,18,19). The third-order valence-electron chi connectivity index (χ3n) is 3.02. The third-order valence-corrected chi connectivity index (χ3v) is 3.92. The molecule has 0 aliphatic carbocycles. The topological polar surface area (TPSA) is 75.9 Å². The normalized spacial score (nSPS) is 13.2. The largest absolute Gasteiger partial charge is 0.369 e. The molecule has 0 aliphatic heterocycles. The van der Waals surface area contributed by atoms with Crippen molar-refractivity contribution in [3.8, 4) is 0 Å². The molecule has 0 spiro atoms. The number of aromatic nitrogens is 2. The van der Waals surface area contributed by atoms with Crippen LogP contribution in [0.2, 0.25) is 0 Å². The van der Waals surface area contributed by atoms with Gasteiger partial charge in [0.25, 0.3) is 0 Å². The number of nitrogens with zero attached hydrogens (tertiary/aromatic N) is 2. The number of hydrogen-bond donors (Lipinski definition) is 3. The lowest BCUT2D eigenvalue weighted by Crippen LogP contribution is -2.22. The summed E-state index contributed by atoms with van der Waals surface area (Å²) in [6.07, 6.45) is 2.13. The summed E-state index contributed by atoms with van der Waals surface area (Å²) in [6.45, 7) is 11.4. The van der Waals surface area contributed by atoms with Gasteiger partial charge in [0.1, 0.15) is 17.5 Å². The minimum atomic E-state index is -0.110. The average Bonchev–Trinajstić information content (AvgIpc) is 2.36. The summed E-state index contributed by atoms with van der Waals surface area (Å²) in [5.41, 5.74) is 3.51. The van der Waals surface area contributed by atoms with Crippen molar-refractivity contribution in [3.63, 3.8) is 0 Å². The van der Waals surface area contributed by atoms with Crippen molar-refractivity contribution in [2.45, 2.75) is 40.0 Å². The summed E-state index contributed by atoms with van der Waals surface area (Å²) < 4.78 is 0.